The van der Waals surface area contributed by atoms with Crippen molar-refractivity contribution in [1.29, 1.82) is 0 Å². The van der Waals surface area contributed by atoms with E-state index in [1.54, 1.807) is 0 Å². The monoisotopic (exact) mass is 336 g/mol. The number of fused-ring (bicyclic) bond motifs is 5. The molecule has 2 nitrogen and oxygen atoms in total. The van der Waals surface area contributed by atoms with Gasteiger partial charge in [0.15, 0.2) is 5.78 Å². The molecule has 0 heterocycles. The van der Waals surface area contributed by atoms with E-state index in [2.05, 4.69) is 0 Å². The van der Waals surface area contributed by atoms with E-state index in [4.69, 9.17) is 0 Å². The molecule has 0 aromatic heterocycles. The number of Topliss-reactive ketones (excluding diaryl/α,β-unsaturated/α-hetero) is 1. The Morgan fingerprint density at radius 3 is 2.67 bits per heavy atom. The van der Waals surface area contributed by atoms with Crippen LogP contribution in [0.5, 0.6) is 0 Å². The zero-order chi connectivity index (χ0) is 16.9. The predicted octanol–water partition coefficient (Wildman–Crippen LogP) is 4.72. The Balaban J connectivity index is 1.59. The second kappa shape index (κ2) is 6.03. The van der Waals surface area contributed by atoms with E-state index < -0.39 is 11.8 Å². The van der Waals surface area contributed by atoms with E-state index in [0.717, 1.165) is 38.5 Å². The molecule has 24 heavy (non-hydrogen) atoms. The maximum Gasteiger partial charge on any atom is 0.238 e. The third-order valence-corrected chi connectivity index (χ3v) is 7.55. The number of carbonyl (C=O) groups excluding carboxylic acids is 2. The van der Waals surface area contributed by atoms with E-state index in [1.807, 2.05) is 6.08 Å². The van der Waals surface area contributed by atoms with E-state index in [-0.39, 0.29) is 18.0 Å². The third-order valence-electron chi connectivity index (χ3n) is 7.55. The summed E-state index contributed by atoms with van der Waals surface area (Å²) in [5, 5.41) is 0. The van der Waals surface area contributed by atoms with Crippen LogP contribution in [0.25, 0.3) is 0 Å². The quantitative estimate of drug-likeness (QED) is 0.747. The smallest absolute Gasteiger partial charge is 0.238 e. The van der Waals surface area contributed by atoms with Crippen molar-refractivity contribution in [3.8, 4) is 0 Å². The highest BCUT2D eigenvalue weighted by atomic mass is 19.3. The molecule has 5 atom stereocenters. The average Bonchev–Trinajstić information content (AvgIpc) is 2.90. The van der Waals surface area contributed by atoms with Crippen LogP contribution in [0.1, 0.15) is 64.2 Å². The second-order valence-electron chi connectivity index (χ2n) is 8.39. The van der Waals surface area contributed by atoms with Gasteiger partial charge < -0.3 is 0 Å². The highest BCUT2D eigenvalue weighted by Crippen LogP contribution is 2.62. The Morgan fingerprint density at radius 2 is 1.88 bits per heavy atom. The molecule has 0 unspecified atom stereocenters. The molecule has 3 saturated carbocycles. The van der Waals surface area contributed by atoms with Crippen molar-refractivity contribution in [3.63, 3.8) is 0 Å². The van der Waals surface area contributed by atoms with E-state index >= 15 is 0 Å². The molecule has 0 radical (unpaired) electrons. The fraction of sp³-hybridized carbons (Fsp3) is 0.800. The van der Waals surface area contributed by atoms with Crippen molar-refractivity contribution in [2.75, 3.05) is 0 Å². The molecule has 0 spiro atoms. The Hall–Kier alpha value is -1.06. The summed E-state index contributed by atoms with van der Waals surface area (Å²) in [6.45, 7) is 0. The minimum Gasteiger partial charge on any atom is -0.299 e. The van der Waals surface area contributed by atoms with Crippen LogP contribution in [0.2, 0.25) is 0 Å². The summed E-state index contributed by atoms with van der Waals surface area (Å²) in [5.74, 6) is 2.39. The molecule has 4 heteroatoms. The van der Waals surface area contributed by atoms with Crippen LogP contribution in [0.15, 0.2) is 11.6 Å². The first kappa shape index (κ1) is 16.4. The molecular formula is C20H26F2O2. The lowest BCUT2D eigenvalue weighted by Gasteiger charge is -2.53. The van der Waals surface area contributed by atoms with Crippen molar-refractivity contribution in [2.45, 2.75) is 70.6 Å². The highest BCUT2D eigenvalue weighted by Gasteiger charge is 2.58. The topological polar surface area (TPSA) is 34.1 Å². The SMILES string of the molecule is O=C1C=C2CC[C@@H]3[C@H](CC[C@]4(CCC(F)F)C(=O)CC[C@@H]34)[C@H]2CC1. The largest absolute Gasteiger partial charge is 0.299 e. The van der Waals surface area contributed by atoms with Gasteiger partial charge >= 0.3 is 0 Å². The number of ketones is 2. The van der Waals surface area contributed by atoms with E-state index in [0.29, 0.717) is 42.9 Å². The number of halogens is 2. The van der Waals surface area contributed by atoms with Crippen LogP contribution < -0.4 is 0 Å². The first-order valence-corrected chi connectivity index (χ1v) is 9.56. The van der Waals surface area contributed by atoms with Crippen molar-refractivity contribution in [1.82, 2.24) is 0 Å². The molecule has 4 aliphatic rings. The van der Waals surface area contributed by atoms with Gasteiger partial charge in [-0.05, 0) is 74.7 Å². The van der Waals surface area contributed by atoms with Gasteiger partial charge in [0.1, 0.15) is 5.78 Å². The molecular weight excluding hydrogens is 310 g/mol. The fourth-order valence-electron chi connectivity index (χ4n) is 6.58. The minimum atomic E-state index is -2.31. The van der Waals surface area contributed by atoms with Crippen molar-refractivity contribution >= 4 is 11.6 Å². The highest BCUT2D eigenvalue weighted by molar-refractivity contribution is 5.91. The summed E-state index contributed by atoms with van der Waals surface area (Å²) in [5.41, 5.74) is 0.875. The summed E-state index contributed by atoms with van der Waals surface area (Å²) in [7, 11) is 0. The minimum absolute atomic E-state index is 0.136. The number of hydrogen-bond acceptors (Lipinski definition) is 2. The Kier molecular flexibility index (Phi) is 4.12. The Bertz CT molecular complexity index is 582. The third kappa shape index (κ3) is 2.48. The summed E-state index contributed by atoms with van der Waals surface area (Å²) < 4.78 is 25.6. The fourth-order valence-corrected chi connectivity index (χ4v) is 6.58. The number of alkyl halides is 2. The van der Waals surface area contributed by atoms with Crippen molar-refractivity contribution in [2.24, 2.45) is 29.1 Å². The lowest BCUT2D eigenvalue weighted by Crippen LogP contribution is -2.48. The van der Waals surface area contributed by atoms with Gasteiger partial charge in [-0.25, -0.2) is 8.78 Å². The van der Waals surface area contributed by atoms with Gasteiger partial charge in [-0.3, -0.25) is 9.59 Å². The van der Waals surface area contributed by atoms with Crippen LogP contribution in [0, 0.1) is 29.1 Å². The van der Waals surface area contributed by atoms with Crippen molar-refractivity contribution < 1.29 is 18.4 Å². The molecule has 4 aliphatic carbocycles. The number of allylic oxidation sites excluding steroid dienone is 1. The van der Waals surface area contributed by atoms with Gasteiger partial charge in [0.2, 0.25) is 6.43 Å². The van der Waals surface area contributed by atoms with Crippen LogP contribution in [-0.4, -0.2) is 18.0 Å². The van der Waals surface area contributed by atoms with Gasteiger partial charge in [-0.1, -0.05) is 5.57 Å². The first-order valence-electron chi connectivity index (χ1n) is 9.56. The molecule has 3 fully saturated rings. The summed E-state index contributed by atoms with van der Waals surface area (Å²) in [4.78, 5) is 24.4. The average molecular weight is 336 g/mol. The summed E-state index contributed by atoms with van der Waals surface area (Å²) in [6, 6.07) is 0. The molecule has 132 valence electrons. The van der Waals surface area contributed by atoms with Gasteiger partial charge in [-0.2, -0.15) is 0 Å². The van der Waals surface area contributed by atoms with Crippen molar-refractivity contribution in [3.05, 3.63) is 11.6 Å². The van der Waals surface area contributed by atoms with E-state index in [9.17, 15) is 18.4 Å². The Morgan fingerprint density at radius 1 is 1.04 bits per heavy atom. The Labute approximate surface area is 142 Å². The van der Waals surface area contributed by atoms with Crippen LogP contribution >= 0.6 is 0 Å². The molecule has 0 bridgehead atoms. The van der Waals surface area contributed by atoms with Gasteiger partial charge in [0.25, 0.3) is 0 Å². The van der Waals surface area contributed by atoms with Crippen LogP contribution in [-0.2, 0) is 9.59 Å². The number of carbonyl (C=O) groups is 2. The molecule has 4 rings (SSSR count). The number of rotatable bonds is 3. The first-order chi connectivity index (χ1) is 11.5. The molecule has 0 aromatic rings. The van der Waals surface area contributed by atoms with Crippen LogP contribution in [0.3, 0.4) is 0 Å². The summed E-state index contributed by atoms with van der Waals surface area (Å²) >= 11 is 0. The molecule has 0 saturated heterocycles. The lowest BCUT2D eigenvalue weighted by molar-refractivity contribution is -0.134. The lowest BCUT2D eigenvalue weighted by atomic mass is 9.51. The predicted molar refractivity (Wildman–Crippen MR) is 86.7 cm³/mol. The zero-order valence-corrected chi connectivity index (χ0v) is 14.1. The summed E-state index contributed by atoms with van der Waals surface area (Å²) in [6.07, 6.45) is 6.67. The van der Waals surface area contributed by atoms with E-state index in [1.165, 1.54) is 5.57 Å². The number of hydrogen-bond donors (Lipinski definition) is 0. The molecule has 0 amide bonds. The van der Waals surface area contributed by atoms with Crippen LogP contribution in [0.4, 0.5) is 8.78 Å². The maximum absolute atomic E-state index is 12.8. The molecule has 0 aliphatic heterocycles. The normalized spacial score (nSPS) is 41.7. The standard InChI is InChI=1S/C20H26F2O2/c21-19(22)8-10-20-9-7-15-14-4-2-13(23)11-12(14)1-3-16(15)17(20)5-6-18(20)24/h11,14-17,19H,1-10H2/t14-,15+,16+,17-,20+/m0/s1. The maximum atomic E-state index is 12.8. The molecule has 0 aromatic carbocycles. The molecule has 0 N–H and O–H groups in total. The van der Waals surface area contributed by atoms with Gasteiger partial charge in [0.05, 0.1) is 0 Å². The van der Waals surface area contributed by atoms with Gasteiger partial charge in [0, 0.05) is 24.7 Å². The zero-order valence-electron chi connectivity index (χ0n) is 14.1. The van der Waals surface area contributed by atoms with Gasteiger partial charge in [-0.15, -0.1) is 0 Å². The second-order valence-corrected chi connectivity index (χ2v) is 8.39.